The molecule has 1 aliphatic rings. The van der Waals surface area contributed by atoms with Crippen molar-refractivity contribution in [3.8, 4) is 0 Å². The summed E-state index contributed by atoms with van der Waals surface area (Å²) in [5.74, 6) is -2.74. The van der Waals surface area contributed by atoms with Gasteiger partial charge < -0.3 is 4.98 Å². The van der Waals surface area contributed by atoms with E-state index in [0.29, 0.717) is 6.07 Å². The number of hydrogen-bond acceptors (Lipinski definition) is 2. The maximum absolute atomic E-state index is 12.7. The van der Waals surface area contributed by atoms with Crippen LogP contribution >= 0.6 is 0 Å². The van der Waals surface area contributed by atoms with E-state index in [4.69, 9.17) is 0 Å². The number of hydrogen-bond donors (Lipinski definition) is 1. The third kappa shape index (κ3) is 3.31. The molecular formula is C11H11F5N2O. The normalized spacial score (nSPS) is 19.2. The van der Waals surface area contributed by atoms with Gasteiger partial charge in [0.2, 0.25) is 5.56 Å². The van der Waals surface area contributed by atoms with Gasteiger partial charge in [-0.25, -0.2) is 8.78 Å². The number of aromatic amines is 1. The molecule has 1 saturated heterocycles. The number of rotatable bonds is 3. The lowest BCUT2D eigenvalue weighted by molar-refractivity contribution is -0.139. The summed E-state index contributed by atoms with van der Waals surface area (Å²) in [6.07, 6.45) is -3.67. The average molecular weight is 282 g/mol. The highest BCUT2D eigenvalue weighted by molar-refractivity contribution is 5.26. The second kappa shape index (κ2) is 4.59. The molecule has 1 fully saturated rings. The van der Waals surface area contributed by atoms with Crippen molar-refractivity contribution in [3.05, 3.63) is 33.7 Å². The summed E-state index contributed by atoms with van der Waals surface area (Å²) in [5.41, 5.74) is -1.95. The summed E-state index contributed by atoms with van der Waals surface area (Å²) in [6, 6.07) is 0.486. The van der Waals surface area contributed by atoms with Crippen LogP contribution in [0.25, 0.3) is 0 Å². The second-order valence-corrected chi connectivity index (χ2v) is 4.55. The topological polar surface area (TPSA) is 36.1 Å². The van der Waals surface area contributed by atoms with Crippen LogP contribution in [0.2, 0.25) is 0 Å². The molecule has 0 bridgehead atoms. The summed E-state index contributed by atoms with van der Waals surface area (Å²) in [7, 11) is 0. The predicted molar refractivity (Wildman–Crippen MR) is 57.2 cm³/mol. The molecular weight excluding hydrogens is 271 g/mol. The van der Waals surface area contributed by atoms with Gasteiger partial charge in [0.25, 0.3) is 5.92 Å². The molecule has 0 radical (unpaired) electrons. The summed E-state index contributed by atoms with van der Waals surface area (Å²) in [4.78, 5) is 14.4. The van der Waals surface area contributed by atoms with Crippen LogP contribution in [-0.2, 0) is 12.6 Å². The summed E-state index contributed by atoms with van der Waals surface area (Å²) in [5, 5.41) is 0. The standard InChI is InChI=1S/C11H11F5N2O/c12-10(13)5-18(6-10)2-1-7-4-17-9(19)3-8(7)11(14,15)16/h3-4H,1-2,5-6H2,(H,17,19). The van der Waals surface area contributed by atoms with Gasteiger partial charge in [-0.2, -0.15) is 13.2 Å². The molecule has 0 atom stereocenters. The van der Waals surface area contributed by atoms with Gasteiger partial charge in [-0.3, -0.25) is 9.69 Å². The number of nitrogens with zero attached hydrogens (tertiary/aromatic N) is 1. The molecule has 0 aliphatic carbocycles. The Morgan fingerprint density at radius 3 is 2.47 bits per heavy atom. The predicted octanol–water partition coefficient (Wildman–Crippen LogP) is 1.89. The molecule has 106 valence electrons. The Balaban J connectivity index is 2.06. The van der Waals surface area contributed by atoms with E-state index in [-0.39, 0.29) is 18.5 Å². The van der Waals surface area contributed by atoms with Crippen LogP contribution in [0.1, 0.15) is 11.1 Å². The van der Waals surface area contributed by atoms with Gasteiger partial charge in [-0.15, -0.1) is 0 Å². The van der Waals surface area contributed by atoms with E-state index in [0.717, 1.165) is 6.20 Å². The zero-order valence-electron chi connectivity index (χ0n) is 9.73. The average Bonchev–Trinajstić information content (AvgIpc) is 2.23. The van der Waals surface area contributed by atoms with Gasteiger partial charge in [0, 0.05) is 18.8 Å². The molecule has 0 spiro atoms. The molecule has 1 aromatic heterocycles. The lowest BCUT2D eigenvalue weighted by Crippen LogP contribution is -2.56. The molecule has 19 heavy (non-hydrogen) atoms. The maximum atomic E-state index is 12.7. The lowest BCUT2D eigenvalue weighted by atomic mass is 10.0. The molecule has 2 heterocycles. The number of nitrogens with one attached hydrogen (secondary N) is 1. The molecule has 3 nitrogen and oxygen atoms in total. The van der Waals surface area contributed by atoms with Gasteiger partial charge in [0.05, 0.1) is 18.7 Å². The van der Waals surface area contributed by atoms with E-state index in [9.17, 15) is 26.7 Å². The molecule has 0 saturated carbocycles. The number of likely N-dealkylation sites (tertiary alicyclic amines) is 1. The van der Waals surface area contributed by atoms with Crippen LogP contribution in [0, 0.1) is 0 Å². The van der Waals surface area contributed by atoms with Crippen molar-refractivity contribution in [3.63, 3.8) is 0 Å². The Labute approximate surface area is 105 Å². The van der Waals surface area contributed by atoms with Crippen molar-refractivity contribution in [2.45, 2.75) is 18.5 Å². The molecule has 8 heteroatoms. The first-order valence-electron chi connectivity index (χ1n) is 5.56. The van der Waals surface area contributed by atoms with Gasteiger partial charge in [-0.05, 0) is 12.0 Å². The fourth-order valence-corrected chi connectivity index (χ4v) is 2.02. The largest absolute Gasteiger partial charge is 0.416 e. The maximum Gasteiger partial charge on any atom is 0.416 e. The first-order chi connectivity index (χ1) is 8.67. The quantitative estimate of drug-likeness (QED) is 0.859. The van der Waals surface area contributed by atoms with Crippen molar-refractivity contribution in [2.24, 2.45) is 0 Å². The van der Waals surface area contributed by atoms with E-state index in [1.54, 1.807) is 0 Å². The van der Waals surface area contributed by atoms with Crippen LogP contribution in [0.5, 0.6) is 0 Å². The third-order valence-corrected chi connectivity index (χ3v) is 2.92. The summed E-state index contributed by atoms with van der Waals surface area (Å²) in [6.45, 7) is -0.764. The fourth-order valence-electron chi connectivity index (χ4n) is 2.02. The van der Waals surface area contributed by atoms with Crippen LogP contribution in [0.3, 0.4) is 0 Å². The first-order valence-corrected chi connectivity index (χ1v) is 5.56. The molecule has 1 aliphatic heterocycles. The second-order valence-electron chi connectivity index (χ2n) is 4.55. The number of aromatic nitrogens is 1. The van der Waals surface area contributed by atoms with E-state index in [1.165, 1.54) is 4.90 Å². The van der Waals surface area contributed by atoms with Crippen molar-refractivity contribution in [1.29, 1.82) is 0 Å². The monoisotopic (exact) mass is 282 g/mol. The number of alkyl halides is 5. The Morgan fingerprint density at radius 2 is 1.95 bits per heavy atom. The number of pyridine rings is 1. The molecule has 1 N–H and O–H groups in total. The smallest absolute Gasteiger partial charge is 0.329 e. The highest BCUT2D eigenvalue weighted by Crippen LogP contribution is 2.32. The molecule has 0 unspecified atom stereocenters. The van der Waals surface area contributed by atoms with E-state index in [1.807, 2.05) is 0 Å². The summed E-state index contributed by atoms with van der Waals surface area (Å²) >= 11 is 0. The Morgan fingerprint density at radius 1 is 1.32 bits per heavy atom. The molecule has 1 aromatic rings. The minimum absolute atomic E-state index is 0.0400. The van der Waals surface area contributed by atoms with Gasteiger partial charge in [0.15, 0.2) is 0 Å². The van der Waals surface area contributed by atoms with Gasteiger partial charge in [0.1, 0.15) is 0 Å². The zero-order chi connectivity index (χ0) is 14.3. The van der Waals surface area contributed by atoms with Crippen LogP contribution in [0.15, 0.2) is 17.1 Å². The highest BCUT2D eigenvalue weighted by Gasteiger charge is 2.43. The van der Waals surface area contributed by atoms with Crippen molar-refractivity contribution in [1.82, 2.24) is 9.88 Å². The minimum Gasteiger partial charge on any atom is -0.329 e. The fraction of sp³-hybridized carbons (Fsp3) is 0.545. The summed E-state index contributed by atoms with van der Waals surface area (Å²) < 4.78 is 63.2. The first kappa shape index (κ1) is 14.0. The molecule has 2 rings (SSSR count). The number of H-pyrrole nitrogens is 1. The Kier molecular flexibility index (Phi) is 3.38. The van der Waals surface area contributed by atoms with E-state index in [2.05, 4.69) is 4.98 Å². The zero-order valence-corrected chi connectivity index (χ0v) is 9.73. The van der Waals surface area contributed by atoms with E-state index >= 15 is 0 Å². The SMILES string of the molecule is O=c1cc(C(F)(F)F)c(CCN2CC(F)(F)C2)c[nH]1. The van der Waals surface area contributed by atoms with Crippen LogP contribution in [0.4, 0.5) is 22.0 Å². The van der Waals surface area contributed by atoms with Crippen molar-refractivity contribution in [2.75, 3.05) is 19.6 Å². The molecule has 0 aromatic carbocycles. The Bertz CT molecular complexity index is 515. The van der Waals surface area contributed by atoms with E-state index < -0.39 is 36.3 Å². The van der Waals surface area contributed by atoms with Crippen LogP contribution < -0.4 is 5.56 Å². The van der Waals surface area contributed by atoms with Crippen molar-refractivity contribution < 1.29 is 22.0 Å². The minimum atomic E-state index is -4.62. The van der Waals surface area contributed by atoms with Gasteiger partial charge >= 0.3 is 6.18 Å². The third-order valence-electron chi connectivity index (χ3n) is 2.92. The Hall–Kier alpha value is -1.44. The van der Waals surface area contributed by atoms with Crippen molar-refractivity contribution >= 4 is 0 Å². The van der Waals surface area contributed by atoms with Crippen LogP contribution in [-0.4, -0.2) is 35.4 Å². The molecule has 0 amide bonds. The highest BCUT2D eigenvalue weighted by atomic mass is 19.4. The number of halogens is 5. The lowest BCUT2D eigenvalue weighted by Gasteiger charge is -2.38. The van der Waals surface area contributed by atoms with Gasteiger partial charge in [-0.1, -0.05) is 0 Å².